The summed E-state index contributed by atoms with van der Waals surface area (Å²) >= 11 is 0. The van der Waals surface area contributed by atoms with Crippen LogP contribution in [0.15, 0.2) is 35.1 Å². The van der Waals surface area contributed by atoms with Crippen LogP contribution in [0, 0.1) is 6.92 Å². The molecule has 1 atom stereocenters. The van der Waals surface area contributed by atoms with Gasteiger partial charge in [0.1, 0.15) is 11.5 Å². The van der Waals surface area contributed by atoms with Crippen molar-refractivity contribution in [1.29, 1.82) is 0 Å². The van der Waals surface area contributed by atoms with Gasteiger partial charge in [-0.3, -0.25) is 9.69 Å². The Balaban J connectivity index is 2.10. The number of rotatable bonds is 6. The van der Waals surface area contributed by atoms with E-state index in [1.165, 1.54) is 0 Å². The Kier molecular flexibility index (Phi) is 6.42. The van der Waals surface area contributed by atoms with Gasteiger partial charge in [0.05, 0.1) is 18.7 Å². The molecule has 1 aromatic heterocycles. The van der Waals surface area contributed by atoms with Crippen molar-refractivity contribution in [2.75, 3.05) is 39.8 Å². The number of aromatic nitrogens is 1. The van der Waals surface area contributed by atoms with Gasteiger partial charge in [-0.15, -0.1) is 0 Å². The summed E-state index contributed by atoms with van der Waals surface area (Å²) in [7, 11) is 1.64. The zero-order valence-corrected chi connectivity index (χ0v) is 17.3. The van der Waals surface area contributed by atoms with Crippen molar-refractivity contribution in [3.63, 3.8) is 0 Å². The van der Waals surface area contributed by atoms with Gasteiger partial charge in [-0.25, -0.2) is 0 Å². The first kappa shape index (κ1) is 20.4. The molecule has 3 rings (SSSR count). The van der Waals surface area contributed by atoms with Gasteiger partial charge in [0.25, 0.3) is 5.56 Å². The number of ether oxygens (including phenoxy) is 1. The molecule has 2 heterocycles. The molecule has 0 saturated carbocycles. The molecule has 0 amide bonds. The van der Waals surface area contributed by atoms with Gasteiger partial charge in [0, 0.05) is 38.4 Å². The topological polar surface area (TPSA) is 57.9 Å². The Morgan fingerprint density at radius 1 is 1.07 bits per heavy atom. The first-order valence-electron chi connectivity index (χ1n) is 10.0. The van der Waals surface area contributed by atoms with E-state index in [2.05, 4.69) is 16.7 Å². The van der Waals surface area contributed by atoms with Crippen LogP contribution in [-0.2, 0) is 6.54 Å². The van der Waals surface area contributed by atoms with Crippen LogP contribution in [0.25, 0.3) is 0 Å². The van der Waals surface area contributed by atoms with Gasteiger partial charge in [0.15, 0.2) is 0 Å². The number of aromatic hydroxyl groups is 1. The molecule has 152 valence electrons. The smallest absolute Gasteiger partial charge is 0.259 e. The molecule has 6 heteroatoms. The van der Waals surface area contributed by atoms with E-state index in [0.717, 1.165) is 49.7 Å². The molecule has 0 spiro atoms. The van der Waals surface area contributed by atoms with Crippen molar-refractivity contribution < 1.29 is 9.84 Å². The third-order valence-corrected chi connectivity index (χ3v) is 5.76. The summed E-state index contributed by atoms with van der Waals surface area (Å²) < 4.78 is 7.02. The third kappa shape index (κ3) is 3.93. The Bertz CT molecular complexity index is 853. The number of nitrogens with zero attached hydrogens (tertiary/aromatic N) is 3. The van der Waals surface area contributed by atoms with Crippen molar-refractivity contribution in [3.8, 4) is 11.5 Å². The fourth-order valence-electron chi connectivity index (χ4n) is 4.10. The number of pyridine rings is 1. The quantitative estimate of drug-likeness (QED) is 0.828. The molecule has 6 nitrogen and oxygen atoms in total. The van der Waals surface area contributed by atoms with E-state index in [1.54, 1.807) is 17.7 Å². The van der Waals surface area contributed by atoms with Crippen molar-refractivity contribution in [2.45, 2.75) is 33.4 Å². The van der Waals surface area contributed by atoms with Gasteiger partial charge in [-0.1, -0.05) is 19.1 Å². The van der Waals surface area contributed by atoms with E-state index in [4.69, 9.17) is 4.74 Å². The van der Waals surface area contributed by atoms with Crippen LogP contribution in [-0.4, -0.2) is 59.3 Å². The zero-order valence-electron chi connectivity index (χ0n) is 17.3. The minimum absolute atomic E-state index is 0.0749. The lowest BCUT2D eigenvalue weighted by atomic mass is 9.96. The van der Waals surface area contributed by atoms with Crippen LogP contribution in [0.2, 0.25) is 0 Å². The van der Waals surface area contributed by atoms with Crippen LogP contribution >= 0.6 is 0 Å². The highest BCUT2D eigenvalue weighted by Crippen LogP contribution is 2.34. The molecule has 0 aliphatic carbocycles. The number of methoxy groups -OCH3 is 1. The molecule has 28 heavy (non-hydrogen) atoms. The van der Waals surface area contributed by atoms with Crippen molar-refractivity contribution in [3.05, 3.63) is 57.5 Å². The summed E-state index contributed by atoms with van der Waals surface area (Å²) in [5.41, 5.74) is 2.11. The average molecular weight is 386 g/mol. The maximum atomic E-state index is 13.3. The predicted octanol–water partition coefficient (Wildman–Crippen LogP) is 2.62. The first-order chi connectivity index (χ1) is 13.5. The highest BCUT2D eigenvalue weighted by atomic mass is 16.5. The molecule has 1 fully saturated rings. The SMILES string of the molecule is CCN1CCN([C@@H](c2ccc(OC)cc2)c2c(O)cc(C)n(CC)c2=O)CC1. The van der Waals surface area contributed by atoms with Crippen molar-refractivity contribution in [1.82, 2.24) is 14.4 Å². The molecule has 2 aromatic rings. The lowest BCUT2D eigenvalue weighted by molar-refractivity contribution is 0.111. The lowest BCUT2D eigenvalue weighted by Crippen LogP contribution is -2.48. The van der Waals surface area contributed by atoms with Crippen molar-refractivity contribution >= 4 is 0 Å². The van der Waals surface area contributed by atoms with Crippen LogP contribution < -0.4 is 10.3 Å². The monoisotopic (exact) mass is 385 g/mol. The summed E-state index contributed by atoms with van der Waals surface area (Å²) in [5.74, 6) is 0.850. The third-order valence-electron chi connectivity index (χ3n) is 5.76. The van der Waals surface area contributed by atoms with E-state index < -0.39 is 0 Å². The minimum Gasteiger partial charge on any atom is -0.507 e. The Morgan fingerprint density at radius 2 is 1.71 bits per heavy atom. The van der Waals surface area contributed by atoms with Crippen LogP contribution in [0.3, 0.4) is 0 Å². The molecule has 0 radical (unpaired) electrons. The summed E-state index contributed by atoms with van der Waals surface area (Å²) in [6, 6.07) is 9.23. The Labute approximate surface area is 167 Å². The molecule has 1 saturated heterocycles. The van der Waals surface area contributed by atoms with E-state index >= 15 is 0 Å². The average Bonchev–Trinajstić information content (AvgIpc) is 2.71. The second-order valence-electron chi connectivity index (χ2n) is 7.28. The normalized spacial score (nSPS) is 16.9. The van der Waals surface area contributed by atoms with E-state index in [1.807, 2.05) is 38.1 Å². The maximum absolute atomic E-state index is 13.3. The Hall–Kier alpha value is -2.31. The summed E-state index contributed by atoms with van der Waals surface area (Å²) in [6.45, 7) is 11.2. The van der Waals surface area contributed by atoms with E-state index in [9.17, 15) is 9.90 Å². The number of hydrogen-bond acceptors (Lipinski definition) is 5. The highest BCUT2D eigenvalue weighted by Gasteiger charge is 2.31. The standard InChI is InChI=1S/C22H31N3O3/c1-5-23-11-13-24(14-12-23)21(17-7-9-18(28-4)10-8-17)20-19(26)15-16(3)25(6-2)22(20)27/h7-10,15,21,26H,5-6,11-14H2,1-4H3/t21-/m0/s1. The summed E-state index contributed by atoms with van der Waals surface area (Å²) in [5, 5.41) is 10.8. The first-order valence-corrected chi connectivity index (χ1v) is 10.0. The molecular formula is C22H31N3O3. The highest BCUT2D eigenvalue weighted by molar-refractivity contribution is 5.42. The fourth-order valence-corrected chi connectivity index (χ4v) is 4.10. The molecule has 1 N–H and O–H groups in total. The summed E-state index contributed by atoms with van der Waals surface area (Å²) in [6.07, 6.45) is 0. The van der Waals surface area contributed by atoms with Crippen LogP contribution in [0.1, 0.15) is 36.7 Å². The number of hydrogen-bond donors (Lipinski definition) is 1. The van der Waals surface area contributed by atoms with Gasteiger partial charge in [-0.2, -0.15) is 0 Å². The van der Waals surface area contributed by atoms with Gasteiger partial charge in [-0.05, 0) is 44.2 Å². The van der Waals surface area contributed by atoms with Crippen molar-refractivity contribution in [2.24, 2.45) is 0 Å². The zero-order chi connectivity index (χ0) is 20.3. The molecule has 0 unspecified atom stereocenters. The molecule has 0 bridgehead atoms. The van der Waals surface area contributed by atoms with Gasteiger partial charge < -0.3 is 19.3 Å². The number of aryl methyl sites for hydroxylation is 1. The maximum Gasteiger partial charge on any atom is 0.259 e. The second kappa shape index (κ2) is 8.80. The molecule has 1 aliphatic heterocycles. The van der Waals surface area contributed by atoms with Crippen LogP contribution in [0.5, 0.6) is 11.5 Å². The number of likely N-dealkylation sites (N-methyl/N-ethyl adjacent to an activating group) is 1. The van der Waals surface area contributed by atoms with Gasteiger partial charge in [0.2, 0.25) is 0 Å². The van der Waals surface area contributed by atoms with E-state index in [-0.39, 0.29) is 17.4 Å². The second-order valence-corrected chi connectivity index (χ2v) is 7.28. The van der Waals surface area contributed by atoms with Crippen LogP contribution in [0.4, 0.5) is 0 Å². The molecular weight excluding hydrogens is 354 g/mol. The van der Waals surface area contributed by atoms with E-state index in [0.29, 0.717) is 12.1 Å². The molecule has 1 aromatic carbocycles. The largest absolute Gasteiger partial charge is 0.507 e. The van der Waals surface area contributed by atoms with Gasteiger partial charge >= 0.3 is 0 Å². The minimum atomic E-state index is -0.282. The molecule has 1 aliphatic rings. The summed E-state index contributed by atoms with van der Waals surface area (Å²) in [4.78, 5) is 18.0. The number of benzene rings is 1. The Morgan fingerprint density at radius 3 is 2.25 bits per heavy atom. The number of piperazine rings is 1. The predicted molar refractivity (Wildman–Crippen MR) is 111 cm³/mol. The lowest BCUT2D eigenvalue weighted by Gasteiger charge is -2.39. The fraction of sp³-hybridized carbons (Fsp3) is 0.500.